The smallest absolute Gasteiger partial charge is 0.408 e. The SMILES string of the molecule is CC(C)(C)OC(=O)NC(CCCCN(CCCl)CCCl)C(=O)ON1C(=O)CC(O)C1=O. The van der Waals surface area contributed by atoms with Gasteiger partial charge in [0.15, 0.2) is 0 Å². The second-order valence-corrected chi connectivity index (χ2v) is 8.83. The minimum atomic E-state index is -1.55. The molecule has 0 saturated carbocycles. The number of amides is 3. The number of hydrogen-bond donors (Lipinski definition) is 2. The Morgan fingerprint density at radius 1 is 1.19 bits per heavy atom. The van der Waals surface area contributed by atoms with Crippen molar-refractivity contribution in [1.29, 1.82) is 0 Å². The monoisotopic (exact) mass is 483 g/mol. The molecule has 2 N–H and O–H groups in total. The third-order valence-corrected chi connectivity index (χ3v) is 4.59. The van der Waals surface area contributed by atoms with E-state index in [2.05, 4.69) is 10.2 Å². The Kier molecular flexibility index (Phi) is 11.5. The quantitative estimate of drug-likeness (QED) is 0.242. The molecular formula is C19H31Cl2N3O7. The first-order valence-electron chi connectivity index (χ1n) is 10.1. The van der Waals surface area contributed by atoms with E-state index in [1.54, 1.807) is 20.8 Å². The minimum absolute atomic E-state index is 0.187. The van der Waals surface area contributed by atoms with Crippen molar-refractivity contribution in [3.05, 3.63) is 0 Å². The highest BCUT2D eigenvalue weighted by molar-refractivity contribution is 6.18. The molecule has 0 aromatic carbocycles. The second kappa shape index (κ2) is 13.0. The molecule has 1 rings (SSSR count). The van der Waals surface area contributed by atoms with Gasteiger partial charge in [-0.2, -0.15) is 0 Å². The normalized spacial score (nSPS) is 17.8. The molecule has 1 fully saturated rings. The fourth-order valence-corrected chi connectivity index (χ4v) is 3.28. The van der Waals surface area contributed by atoms with Crippen LogP contribution in [0.15, 0.2) is 0 Å². The van der Waals surface area contributed by atoms with Crippen LogP contribution in [0.2, 0.25) is 0 Å². The molecule has 0 bridgehead atoms. The number of alkyl halides is 2. The third-order valence-electron chi connectivity index (χ3n) is 4.26. The van der Waals surface area contributed by atoms with Crippen molar-refractivity contribution in [2.45, 2.75) is 64.2 Å². The molecule has 1 aliphatic heterocycles. The first-order valence-corrected chi connectivity index (χ1v) is 11.2. The maximum Gasteiger partial charge on any atom is 0.408 e. The zero-order valence-corrected chi connectivity index (χ0v) is 19.6. The number of imide groups is 1. The number of aliphatic hydroxyl groups is 1. The highest BCUT2D eigenvalue weighted by Gasteiger charge is 2.41. The van der Waals surface area contributed by atoms with Crippen molar-refractivity contribution in [2.75, 3.05) is 31.4 Å². The van der Waals surface area contributed by atoms with Crippen molar-refractivity contribution in [3.8, 4) is 0 Å². The molecule has 0 radical (unpaired) electrons. The number of carbonyl (C=O) groups is 4. The first-order chi connectivity index (χ1) is 14.5. The molecule has 1 aliphatic rings. The number of unbranched alkanes of at least 4 members (excludes halogenated alkanes) is 1. The van der Waals surface area contributed by atoms with Gasteiger partial charge in [0.1, 0.15) is 17.7 Å². The number of nitrogens with zero attached hydrogens (tertiary/aromatic N) is 2. The summed E-state index contributed by atoms with van der Waals surface area (Å²) in [6.07, 6.45) is -1.44. The summed E-state index contributed by atoms with van der Waals surface area (Å²) in [5.41, 5.74) is -0.785. The fraction of sp³-hybridized carbons (Fsp3) is 0.789. The second-order valence-electron chi connectivity index (χ2n) is 8.07. The Labute approximate surface area is 192 Å². The number of carbonyl (C=O) groups excluding carboxylic acids is 4. The largest absolute Gasteiger partial charge is 0.444 e. The van der Waals surface area contributed by atoms with Gasteiger partial charge in [0, 0.05) is 24.8 Å². The summed E-state index contributed by atoms with van der Waals surface area (Å²) in [5.74, 6) is -1.92. The van der Waals surface area contributed by atoms with Crippen molar-refractivity contribution < 1.29 is 33.9 Å². The Morgan fingerprint density at radius 3 is 2.29 bits per heavy atom. The first kappa shape index (κ1) is 27.4. The summed E-state index contributed by atoms with van der Waals surface area (Å²) in [5, 5.41) is 12.1. The summed E-state index contributed by atoms with van der Waals surface area (Å²) < 4.78 is 5.17. The Hall–Kier alpha value is -1.62. The molecule has 0 aromatic heterocycles. The fourth-order valence-electron chi connectivity index (χ4n) is 2.80. The lowest BCUT2D eigenvalue weighted by Gasteiger charge is -2.24. The molecular weight excluding hydrogens is 453 g/mol. The predicted octanol–water partition coefficient (Wildman–Crippen LogP) is 1.41. The Morgan fingerprint density at radius 2 is 1.81 bits per heavy atom. The van der Waals surface area contributed by atoms with Crippen molar-refractivity contribution >= 4 is 47.1 Å². The molecule has 12 heteroatoms. The molecule has 0 aromatic rings. The highest BCUT2D eigenvalue weighted by Crippen LogP contribution is 2.15. The van der Waals surface area contributed by atoms with E-state index in [1.165, 1.54) is 0 Å². The summed E-state index contributed by atoms with van der Waals surface area (Å²) >= 11 is 11.6. The number of rotatable bonds is 12. The standard InChI is InChI=1S/C19H31Cl2N3O7/c1-19(2,3)30-18(29)22-13(6-4-5-9-23(10-7-20)11-8-21)17(28)31-24-15(26)12-14(25)16(24)27/h13-14,25H,4-12H2,1-3H3,(H,22,29). The maximum absolute atomic E-state index is 12.6. The average Bonchev–Trinajstić information content (AvgIpc) is 2.89. The van der Waals surface area contributed by atoms with E-state index < -0.39 is 48.0 Å². The van der Waals surface area contributed by atoms with Gasteiger partial charge in [-0.25, -0.2) is 9.59 Å². The Bertz CT molecular complexity index is 636. The maximum atomic E-state index is 12.6. The molecule has 1 heterocycles. The van der Waals surface area contributed by atoms with Gasteiger partial charge in [-0.05, 0) is 46.6 Å². The molecule has 0 spiro atoms. The third kappa shape index (κ3) is 10.0. The number of halogens is 2. The molecule has 0 aliphatic carbocycles. The van der Waals surface area contributed by atoms with Crippen molar-refractivity contribution in [3.63, 3.8) is 0 Å². The number of aliphatic hydroxyl groups excluding tert-OH is 1. The van der Waals surface area contributed by atoms with E-state index in [-0.39, 0.29) is 11.5 Å². The zero-order valence-electron chi connectivity index (χ0n) is 18.1. The number of hydroxylamine groups is 2. The van der Waals surface area contributed by atoms with Crippen LogP contribution in [0.4, 0.5) is 4.79 Å². The summed E-state index contributed by atoms with van der Waals surface area (Å²) in [6.45, 7) is 7.07. The van der Waals surface area contributed by atoms with Gasteiger partial charge >= 0.3 is 12.1 Å². The van der Waals surface area contributed by atoms with Gasteiger partial charge in [0.25, 0.3) is 11.8 Å². The average molecular weight is 484 g/mol. The van der Waals surface area contributed by atoms with Crippen LogP contribution >= 0.6 is 23.2 Å². The molecule has 2 atom stereocenters. The van der Waals surface area contributed by atoms with Crippen LogP contribution in [0, 0.1) is 0 Å². The van der Waals surface area contributed by atoms with E-state index in [9.17, 15) is 24.3 Å². The van der Waals surface area contributed by atoms with Gasteiger partial charge in [-0.3, -0.25) is 9.59 Å². The zero-order chi connectivity index (χ0) is 23.6. The lowest BCUT2D eigenvalue weighted by atomic mass is 10.1. The van der Waals surface area contributed by atoms with Gasteiger partial charge < -0.3 is 24.9 Å². The van der Waals surface area contributed by atoms with E-state index in [4.69, 9.17) is 32.8 Å². The van der Waals surface area contributed by atoms with E-state index >= 15 is 0 Å². The van der Waals surface area contributed by atoms with Crippen LogP contribution in [0.1, 0.15) is 46.5 Å². The van der Waals surface area contributed by atoms with E-state index in [1.807, 2.05) is 0 Å². The van der Waals surface area contributed by atoms with Crippen LogP contribution < -0.4 is 5.32 Å². The molecule has 31 heavy (non-hydrogen) atoms. The molecule has 2 unspecified atom stereocenters. The van der Waals surface area contributed by atoms with Gasteiger partial charge in [-0.15, -0.1) is 23.2 Å². The molecule has 178 valence electrons. The van der Waals surface area contributed by atoms with Crippen LogP contribution in [0.3, 0.4) is 0 Å². The van der Waals surface area contributed by atoms with Gasteiger partial charge in [-0.1, -0.05) is 5.06 Å². The van der Waals surface area contributed by atoms with Crippen molar-refractivity contribution in [2.24, 2.45) is 0 Å². The summed E-state index contributed by atoms with van der Waals surface area (Å²) in [6, 6.07) is -1.15. The van der Waals surface area contributed by atoms with Gasteiger partial charge in [0.2, 0.25) is 0 Å². The minimum Gasteiger partial charge on any atom is -0.444 e. The summed E-state index contributed by atoms with van der Waals surface area (Å²) in [4.78, 5) is 55.2. The van der Waals surface area contributed by atoms with Crippen LogP contribution in [0.5, 0.6) is 0 Å². The van der Waals surface area contributed by atoms with Crippen LogP contribution in [-0.2, 0) is 24.0 Å². The topological polar surface area (TPSA) is 125 Å². The van der Waals surface area contributed by atoms with Crippen molar-refractivity contribution in [1.82, 2.24) is 15.3 Å². The predicted molar refractivity (Wildman–Crippen MR) is 113 cm³/mol. The summed E-state index contributed by atoms with van der Waals surface area (Å²) in [7, 11) is 0. The number of nitrogens with one attached hydrogen (secondary N) is 1. The highest BCUT2D eigenvalue weighted by atomic mass is 35.5. The van der Waals surface area contributed by atoms with Crippen LogP contribution in [-0.4, -0.2) is 88.1 Å². The van der Waals surface area contributed by atoms with E-state index in [0.717, 1.165) is 0 Å². The molecule has 3 amide bonds. The van der Waals surface area contributed by atoms with Crippen LogP contribution in [0.25, 0.3) is 0 Å². The number of ether oxygens (including phenoxy) is 1. The molecule has 10 nitrogen and oxygen atoms in total. The number of hydrogen-bond acceptors (Lipinski definition) is 8. The molecule has 1 saturated heterocycles. The Balaban J connectivity index is 2.71. The lowest BCUT2D eigenvalue weighted by Crippen LogP contribution is -2.47. The number of alkyl carbamates (subject to hydrolysis) is 1. The van der Waals surface area contributed by atoms with E-state index in [0.29, 0.717) is 44.2 Å². The van der Waals surface area contributed by atoms with Gasteiger partial charge in [0.05, 0.1) is 6.42 Å². The lowest BCUT2D eigenvalue weighted by molar-refractivity contribution is -0.200.